The lowest BCUT2D eigenvalue weighted by atomic mass is 10.2. The molecular formula is C15H23F2NO2. The van der Waals surface area contributed by atoms with Crippen LogP contribution in [0.2, 0.25) is 0 Å². The van der Waals surface area contributed by atoms with Gasteiger partial charge in [0, 0.05) is 6.04 Å². The summed E-state index contributed by atoms with van der Waals surface area (Å²) in [5.74, 6) is -1.73. The highest BCUT2D eigenvalue weighted by atomic mass is 19.2. The first-order valence-electron chi connectivity index (χ1n) is 6.53. The van der Waals surface area contributed by atoms with Crippen molar-refractivity contribution in [3.63, 3.8) is 0 Å². The van der Waals surface area contributed by atoms with Crippen LogP contribution in [-0.2, 0) is 4.79 Å². The molecule has 0 spiro atoms. The van der Waals surface area contributed by atoms with Crippen molar-refractivity contribution in [1.29, 1.82) is 0 Å². The molecule has 0 aliphatic rings. The first kappa shape index (κ1) is 18.4. The van der Waals surface area contributed by atoms with Crippen LogP contribution in [-0.4, -0.2) is 17.9 Å². The SMILES string of the molecule is CC(C)=O.CC(C)Nc1ccc(OC(C)C)c(F)c1F. The number of nitrogens with one attached hydrogen (secondary N) is 1. The van der Waals surface area contributed by atoms with Gasteiger partial charge in [0.1, 0.15) is 5.78 Å². The molecule has 0 aliphatic carbocycles. The maximum atomic E-state index is 13.6. The van der Waals surface area contributed by atoms with Gasteiger partial charge in [-0.25, -0.2) is 4.39 Å². The van der Waals surface area contributed by atoms with E-state index in [0.29, 0.717) is 0 Å². The molecule has 0 radical (unpaired) electrons. The highest BCUT2D eigenvalue weighted by molar-refractivity contribution is 5.72. The molecule has 0 aliphatic heterocycles. The number of anilines is 1. The molecule has 3 nitrogen and oxygen atoms in total. The zero-order valence-electron chi connectivity index (χ0n) is 12.9. The molecule has 114 valence electrons. The van der Waals surface area contributed by atoms with Gasteiger partial charge in [-0.2, -0.15) is 4.39 Å². The number of carbonyl (C=O) groups is 1. The summed E-state index contributed by atoms with van der Waals surface area (Å²) in [7, 11) is 0. The Labute approximate surface area is 119 Å². The van der Waals surface area contributed by atoms with E-state index in [0.717, 1.165) is 0 Å². The van der Waals surface area contributed by atoms with Crippen molar-refractivity contribution in [2.45, 2.75) is 53.7 Å². The second kappa shape index (κ2) is 8.51. The topological polar surface area (TPSA) is 38.3 Å². The quantitative estimate of drug-likeness (QED) is 0.903. The number of ether oxygens (including phenoxy) is 1. The Morgan fingerprint density at radius 1 is 1.10 bits per heavy atom. The summed E-state index contributed by atoms with van der Waals surface area (Å²) in [6.07, 6.45) is -0.183. The standard InChI is InChI=1S/C12H17F2NO.C3H6O/c1-7(2)15-9-5-6-10(16-8(3)4)12(14)11(9)13;1-3(2)4/h5-8,15H,1-4H3;1-2H3. The van der Waals surface area contributed by atoms with Crippen LogP contribution in [0.25, 0.3) is 0 Å². The lowest BCUT2D eigenvalue weighted by Crippen LogP contribution is -2.13. The van der Waals surface area contributed by atoms with Crippen LogP contribution >= 0.6 is 0 Å². The fourth-order valence-electron chi connectivity index (χ4n) is 1.30. The van der Waals surface area contributed by atoms with E-state index in [1.807, 2.05) is 13.8 Å². The van der Waals surface area contributed by atoms with Gasteiger partial charge in [-0.05, 0) is 53.7 Å². The molecule has 20 heavy (non-hydrogen) atoms. The molecule has 0 heterocycles. The monoisotopic (exact) mass is 287 g/mol. The summed E-state index contributed by atoms with van der Waals surface area (Å²) in [6.45, 7) is 10.3. The third-order valence-corrected chi connectivity index (χ3v) is 1.85. The van der Waals surface area contributed by atoms with Gasteiger partial charge in [0.2, 0.25) is 5.82 Å². The van der Waals surface area contributed by atoms with Gasteiger partial charge in [-0.15, -0.1) is 0 Å². The second-order valence-electron chi connectivity index (χ2n) is 5.11. The van der Waals surface area contributed by atoms with Gasteiger partial charge in [0.15, 0.2) is 11.6 Å². The number of halogens is 2. The Morgan fingerprint density at radius 2 is 1.60 bits per heavy atom. The van der Waals surface area contributed by atoms with E-state index in [4.69, 9.17) is 4.74 Å². The van der Waals surface area contributed by atoms with Crippen LogP contribution in [0.1, 0.15) is 41.5 Å². The van der Waals surface area contributed by atoms with Crippen molar-refractivity contribution < 1.29 is 18.3 Å². The minimum Gasteiger partial charge on any atom is -0.488 e. The number of Topliss-reactive ketones (excluding diaryl/α,β-unsaturated/α-hetero) is 1. The van der Waals surface area contributed by atoms with Crippen molar-refractivity contribution >= 4 is 11.5 Å². The zero-order valence-corrected chi connectivity index (χ0v) is 12.9. The molecule has 0 saturated carbocycles. The maximum Gasteiger partial charge on any atom is 0.202 e. The average molecular weight is 287 g/mol. The third kappa shape index (κ3) is 7.07. The smallest absolute Gasteiger partial charge is 0.202 e. The zero-order chi connectivity index (χ0) is 15.9. The number of carbonyl (C=O) groups excluding carboxylic acids is 1. The van der Waals surface area contributed by atoms with Gasteiger partial charge in [-0.3, -0.25) is 0 Å². The molecular weight excluding hydrogens is 264 g/mol. The lowest BCUT2D eigenvalue weighted by Gasteiger charge is -2.15. The van der Waals surface area contributed by atoms with Gasteiger partial charge in [-0.1, -0.05) is 0 Å². The summed E-state index contributed by atoms with van der Waals surface area (Å²) < 4.78 is 32.2. The molecule has 0 bridgehead atoms. The van der Waals surface area contributed by atoms with E-state index in [9.17, 15) is 13.6 Å². The number of hydrogen-bond donors (Lipinski definition) is 1. The van der Waals surface area contributed by atoms with Crippen molar-refractivity contribution in [3.8, 4) is 5.75 Å². The van der Waals surface area contributed by atoms with E-state index in [2.05, 4.69) is 5.32 Å². The summed E-state index contributed by atoms with van der Waals surface area (Å²) in [5, 5.41) is 2.82. The Bertz CT molecular complexity index is 407. The van der Waals surface area contributed by atoms with E-state index in [-0.39, 0.29) is 29.4 Å². The lowest BCUT2D eigenvalue weighted by molar-refractivity contribution is -0.114. The van der Waals surface area contributed by atoms with Crippen molar-refractivity contribution in [2.24, 2.45) is 0 Å². The van der Waals surface area contributed by atoms with Crippen LogP contribution in [0.5, 0.6) is 5.75 Å². The molecule has 0 aromatic heterocycles. The molecule has 5 heteroatoms. The molecule has 0 atom stereocenters. The Hall–Kier alpha value is -1.65. The van der Waals surface area contributed by atoms with E-state index in [1.54, 1.807) is 13.8 Å². The molecule has 0 unspecified atom stereocenters. The predicted molar refractivity (Wildman–Crippen MR) is 77.2 cm³/mol. The largest absolute Gasteiger partial charge is 0.488 e. The Morgan fingerprint density at radius 3 is 2.00 bits per heavy atom. The van der Waals surface area contributed by atoms with Crippen molar-refractivity contribution in [1.82, 2.24) is 0 Å². The van der Waals surface area contributed by atoms with Crippen molar-refractivity contribution in [2.75, 3.05) is 5.32 Å². The van der Waals surface area contributed by atoms with Gasteiger partial charge >= 0.3 is 0 Å². The molecule has 1 aromatic rings. The van der Waals surface area contributed by atoms with E-state index in [1.165, 1.54) is 26.0 Å². The highest BCUT2D eigenvalue weighted by Crippen LogP contribution is 2.26. The summed E-state index contributed by atoms with van der Waals surface area (Å²) in [5.41, 5.74) is 0.156. The van der Waals surface area contributed by atoms with Crippen LogP contribution < -0.4 is 10.1 Å². The van der Waals surface area contributed by atoms with E-state index < -0.39 is 11.6 Å². The predicted octanol–water partition coefficient (Wildman–Crippen LogP) is 4.17. The van der Waals surface area contributed by atoms with Gasteiger partial charge in [0.25, 0.3) is 0 Å². The molecule has 1 N–H and O–H groups in total. The first-order chi connectivity index (χ1) is 9.15. The molecule has 0 amide bonds. The first-order valence-corrected chi connectivity index (χ1v) is 6.53. The number of ketones is 1. The number of benzene rings is 1. The minimum atomic E-state index is -0.945. The van der Waals surface area contributed by atoms with Gasteiger partial charge < -0.3 is 14.8 Å². The fraction of sp³-hybridized carbons (Fsp3) is 0.533. The minimum absolute atomic E-state index is 0.0470. The number of rotatable bonds is 4. The van der Waals surface area contributed by atoms with Crippen LogP contribution in [0.3, 0.4) is 0 Å². The Kier molecular flexibility index (Phi) is 7.80. The molecule has 0 fully saturated rings. The van der Waals surface area contributed by atoms with Crippen LogP contribution in [0, 0.1) is 11.6 Å². The van der Waals surface area contributed by atoms with Crippen LogP contribution in [0.4, 0.5) is 14.5 Å². The second-order valence-corrected chi connectivity index (χ2v) is 5.11. The fourth-order valence-corrected chi connectivity index (χ4v) is 1.30. The normalized spacial score (nSPS) is 10.1. The maximum absolute atomic E-state index is 13.6. The summed E-state index contributed by atoms with van der Waals surface area (Å²) in [4.78, 5) is 9.44. The Balaban J connectivity index is 0.000000796. The van der Waals surface area contributed by atoms with Crippen LogP contribution in [0.15, 0.2) is 12.1 Å². The number of hydrogen-bond acceptors (Lipinski definition) is 3. The third-order valence-electron chi connectivity index (χ3n) is 1.85. The average Bonchev–Trinajstić information content (AvgIpc) is 2.27. The van der Waals surface area contributed by atoms with E-state index >= 15 is 0 Å². The highest BCUT2D eigenvalue weighted by Gasteiger charge is 2.15. The molecule has 0 saturated heterocycles. The molecule has 1 rings (SSSR count). The molecule has 1 aromatic carbocycles. The van der Waals surface area contributed by atoms with Gasteiger partial charge in [0.05, 0.1) is 11.8 Å². The summed E-state index contributed by atoms with van der Waals surface area (Å²) >= 11 is 0. The summed E-state index contributed by atoms with van der Waals surface area (Å²) in [6, 6.07) is 2.96. The van der Waals surface area contributed by atoms with Crippen molar-refractivity contribution in [3.05, 3.63) is 23.8 Å².